The van der Waals surface area contributed by atoms with Gasteiger partial charge in [0.1, 0.15) is 10.6 Å². The van der Waals surface area contributed by atoms with Crippen LogP contribution in [-0.4, -0.2) is 31.1 Å². The highest BCUT2D eigenvalue weighted by Crippen LogP contribution is 2.40. The Kier molecular flexibility index (Phi) is 7.37. The lowest BCUT2D eigenvalue weighted by Crippen LogP contribution is -2.21. The second-order valence-corrected chi connectivity index (χ2v) is 7.87. The zero-order chi connectivity index (χ0) is 23.1. The topological polar surface area (TPSA) is 105 Å². The fourth-order valence-corrected chi connectivity index (χ4v) is 4.16. The molecule has 0 atom stereocenters. The van der Waals surface area contributed by atoms with Crippen molar-refractivity contribution in [1.82, 2.24) is 0 Å². The summed E-state index contributed by atoms with van der Waals surface area (Å²) in [5, 5.41) is 11.9. The van der Waals surface area contributed by atoms with Crippen molar-refractivity contribution in [2.45, 2.75) is 13.8 Å². The number of carbonyl (C=O) groups excluding carboxylic acids is 3. The molecule has 7 nitrogen and oxygen atoms in total. The van der Waals surface area contributed by atoms with Gasteiger partial charge in [-0.25, -0.2) is 9.59 Å². The van der Waals surface area contributed by atoms with Crippen molar-refractivity contribution in [3.63, 3.8) is 0 Å². The van der Waals surface area contributed by atoms with Crippen LogP contribution in [0.15, 0.2) is 54.6 Å². The summed E-state index contributed by atoms with van der Waals surface area (Å²) >= 11 is 1.24. The van der Waals surface area contributed by atoms with Gasteiger partial charge in [0.2, 0.25) is 0 Å². The van der Waals surface area contributed by atoms with Gasteiger partial charge in [-0.3, -0.25) is 4.79 Å². The number of anilines is 1. The van der Waals surface area contributed by atoms with Gasteiger partial charge in [-0.15, -0.1) is 11.3 Å². The normalized spacial score (nSPS) is 10.2. The zero-order valence-corrected chi connectivity index (χ0v) is 18.3. The second-order valence-electron chi connectivity index (χ2n) is 6.64. The number of ether oxygens (including phenoxy) is 2. The Bertz CT molecular complexity index is 1190. The smallest absolute Gasteiger partial charge is 0.341 e. The molecule has 0 saturated carbocycles. The van der Waals surface area contributed by atoms with E-state index in [0.717, 1.165) is 10.4 Å². The lowest BCUT2D eigenvalue weighted by atomic mass is 10.0. The predicted octanol–water partition coefficient (Wildman–Crippen LogP) is 4.57. The Morgan fingerprint density at radius 3 is 2.47 bits per heavy atom. The van der Waals surface area contributed by atoms with Crippen molar-refractivity contribution in [2.75, 3.05) is 18.5 Å². The number of benzene rings is 2. The van der Waals surface area contributed by atoms with Gasteiger partial charge < -0.3 is 14.8 Å². The number of nitrogens with zero attached hydrogens (tertiary/aromatic N) is 1. The maximum Gasteiger partial charge on any atom is 0.341 e. The molecule has 0 spiro atoms. The molecule has 1 N–H and O–H groups in total. The van der Waals surface area contributed by atoms with E-state index in [1.54, 1.807) is 19.1 Å². The summed E-state index contributed by atoms with van der Waals surface area (Å²) < 4.78 is 10.3. The van der Waals surface area contributed by atoms with E-state index in [1.165, 1.54) is 23.5 Å². The van der Waals surface area contributed by atoms with E-state index in [2.05, 4.69) is 5.32 Å². The molecule has 0 bridgehead atoms. The van der Waals surface area contributed by atoms with Crippen LogP contribution in [0.25, 0.3) is 11.1 Å². The van der Waals surface area contributed by atoms with Gasteiger partial charge in [-0.05, 0) is 37.6 Å². The Morgan fingerprint density at radius 1 is 1.03 bits per heavy atom. The average molecular weight is 449 g/mol. The van der Waals surface area contributed by atoms with Crippen molar-refractivity contribution in [3.8, 4) is 17.2 Å². The molecule has 1 heterocycles. The molecule has 8 heteroatoms. The number of amides is 1. The summed E-state index contributed by atoms with van der Waals surface area (Å²) in [6, 6.07) is 17.3. The lowest BCUT2D eigenvalue weighted by Gasteiger charge is -2.09. The van der Waals surface area contributed by atoms with Gasteiger partial charge in [-0.1, -0.05) is 36.4 Å². The summed E-state index contributed by atoms with van der Waals surface area (Å²) in [6.07, 6.45) is 0. The largest absolute Gasteiger partial charge is 0.462 e. The van der Waals surface area contributed by atoms with Crippen LogP contribution >= 0.6 is 11.3 Å². The fraction of sp³-hybridized carbons (Fsp3) is 0.167. The van der Waals surface area contributed by atoms with Crippen molar-refractivity contribution in [3.05, 3.63) is 76.2 Å². The van der Waals surface area contributed by atoms with Gasteiger partial charge in [0, 0.05) is 10.4 Å². The van der Waals surface area contributed by atoms with E-state index in [1.807, 2.05) is 43.3 Å². The monoisotopic (exact) mass is 448 g/mol. The number of rotatable bonds is 7. The van der Waals surface area contributed by atoms with Crippen LogP contribution in [0.1, 0.15) is 38.1 Å². The van der Waals surface area contributed by atoms with Crippen LogP contribution in [0, 0.1) is 18.3 Å². The van der Waals surface area contributed by atoms with Gasteiger partial charge in [0.15, 0.2) is 6.61 Å². The first kappa shape index (κ1) is 22.7. The van der Waals surface area contributed by atoms with E-state index in [-0.39, 0.29) is 17.7 Å². The number of thiophene rings is 1. The van der Waals surface area contributed by atoms with E-state index in [4.69, 9.17) is 14.7 Å². The molecule has 3 aromatic rings. The standard InChI is InChI=1S/C24H20N2O5S/c1-3-30-24(29)21-20(17-9-5-4-6-10-17)15(2)32-22(21)26-19(27)14-31-23(28)18-11-7-8-16(12-18)13-25/h4-12H,3,14H2,1-2H3,(H,26,27). The molecule has 0 aliphatic rings. The third kappa shape index (κ3) is 5.20. The van der Waals surface area contributed by atoms with Crippen LogP contribution in [-0.2, 0) is 14.3 Å². The lowest BCUT2D eigenvalue weighted by molar-refractivity contribution is -0.119. The molecular weight excluding hydrogens is 428 g/mol. The zero-order valence-electron chi connectivity index (χ0n) is 17.5. The van der Waals surface area contributed by atoms with E-state index in [9.17, 15) is 14.4 Å². The summed E-state index contributed by atoms with van der Waals surface area (Å²) in [4.78, 5) is 38.2. The van der Waals surface area contributed by atoms with Crippen LogP contribution in [0.5, 0.6) is 0 Å². The first-order chi connectivity index (χ1) is 15.4. The highest BCUT2D eigenvalue weighted by atomic mass is 32.1. The Labute approximate surface area is 189 Å². The maximum atomic E-state index is 12.7. The van der Waals surface area contributed by atoms with Crippen molar-refractivity contribution in [1.29, 1.82) is 5.26 Å². The van der Waals surface area contributed by atoms with Crippen LogP contribution in [0.3, 0.4) is 0 Å². The van der Waals surface area contributed by atoms with E-state index >= 15 is 0 Å². The molecule has 32 heavy (non-hydrogen) atoms. The highest BCUT2D eigenvalue weighted by molar-refractivity contribution is 7.17. The second kappa shape index (κ2) is 10.4. The van der Waals surface area contributed by atoms with Crippen LogP contribution < -0.4 is 5.32 Å². The minimum atomic E-state index is -0.727. The van der Waals surface area contributed by atoms with Gasteiger partial charge in [0.25, 0.3) is 5.91 Å². The Hall–Kier alpha value is -3.96. The summed E-state index contributed by atoms with van der Waals surface area (Å²) in [6.45, 7) is 3.20. The number of nitrogens with one attached hydrogen (secondary N) is 1. The van der Waals surface area contributed by atoms with Crippen LogP contribution in [0.2, 0.25) is 0 Å². The molecule has 162 valence electrons. The first-order valence-electron chi connectivity index (χ1n) is 9.77. The fourth-order valence-electron chi connectivity index (χ4n) is 3.08. The average Bonchev–Trinajstić information content (AvgIpc) is 3.13. The van der Waals surface area contributed by atoms with Gasteiger partial charge >= 0.3 is 11.9 Å². The number of hydrogen-bond donors (Lipinski definition) is 1. The van der Waals surface area contributed by atoms with E-state index < -0.39 is 24.5 Å². The molecule has 0 aliphatic carbocycles. The third-order valence-electron chi connectivity index (χ3n) is 4.44. The highest BCUT2D eigenvalue weighted by Gasteiger charge is 2.25. The maximum absolute atomic E-state index is 12.7. The van der Waals surface area contributed by atoms with Gasteiger partial charge in [-0.2, -0.15) is 5.26 Å². The molecule has 2 aromatic carbocycles. The molecular formula is C24H20N2O5S. The number of carbonyl (C=O) groups is 3. The number of aryl methyl sites for hydroxylation is 1. The van der Waals surface area contributed by atoms with Gasteiger partial charge in [0.05, 0.1) is 23.8 Å². The molecule has 3 rings (SSSR count). The first-order valence-corrected chi connectivity index (χ1v) is 10.6. The molecule has 0 aliphatic heterocycles. The SMILES string of the molecule is CCOC(=O)c1c(NC(=O)COC(=O)c2cccc(C#N)c2)sc(C)c1-c1ccccc1. The summed E-state index contributed by atoms with van der Waals surface area (Å²) in [5.74, 6) is -1.87. The van der Waals surface area contributed by atoms with Crippen molar-refractivity contribution >= 4 is 34.2 Å². The molecule has 0 radical (unpaired) electrons. The van der Waals surface area contributed by atoms with E-state index in [0.29, 0.717) is 16.1 Å². The molecule has 0 fully saturated rings. The molecule has 1 amide bonds. The third-order valence-corrected chi connectivity index (χ3v) is 5.46. The number of esters is 2. The minimum absolute atomic E-state index is 0.169. The number of nitriles is 1. The molecule has 1 aromatic heterocycles. The van der Waals surface area contributed by atoms with Crippen LogP contribution in [0.4, 0.5) is 5.00 Å². The summed E-state index contributed by atoms with van der Waals surface area (Å²) in [7, 11) is 0. The Morgan fingerprint density at radius 2 is 1.78 bits per heavy atom. The van der Waals surface area contributed by atoms with Crippen molar-refractivity contribution < 1.29 is 23.9 Å². The minimum Gasteiger partial charge on any atom is -0.462 e. The summed E-state index contributed by atoms with van der Waals surface area (Å²) in [5.41, 5.74) is 2.26. The Balaban J connectivity index is 1.79. The molecule has 0 unspecified atom stereocenters. The van der Waals surface area contributed by atoms with Crippen molar-refractivity contribution in [2.24, 2.45) is 0 Å². The molecule has 0 saturated heterocycles. The predicted molar refractivity (Wildman–Crippen MR) is 121 cm³/mol. The number of hydrogen-bond acceptors (Lipinski definition) is 7. The quantitative estimate of drug-likeness (QED) is 0.531.